The summed E-state index contributed by atoms with van der Waals surface area (Å²) in [6.07, 6.45) is 1.55. The summed E-state index contributed by atoms with van der Waals surface area (Å²) in [5.74, 6) is 1.11. The van der Waals surface area contributed by atoms with Gasteiger partial charge >= 0.3 is 0 Å². The predicted octanol–water partition coefficient (Wildman–Crippen LogP) is 3.00. The van der Waals surface area contributed by atoms with E-state index in [0.717, 1.165) is 61.7 Å². The summed E-state index contributed by atoms with van der Waals surface area (Å²) < 4.78 is 11.1. The monoisotopic (exact) mass is 305 g/mol. The van der Waals surface area contributed by atoms with Gasteiger partial charge in [-0.1, -0.05) is 6.92 Å². The number of carbonyl (C=O) groups excluding carboxylic acids is 1. The highest BCUT2D eigenvalue weighted by Gasteiger charge is 2.15. The van der Waals surface area contributed by atoms with Crippen LogP contribution in [0.1, 0.15) is 41.3 Å². The van der Waals surface area contributed by atoms with Gasteiger partial charge in [-0.05, 0) is 43.5 Å². The topological polar surface area (TPSA) is 38.8 Å². The number of hydrogen-bond donors (Lipinski definition) is 0. The number of aryl methyl sites for hydroxylation is 2. The van der Waals surface area contributed by atoms with Gasteiger partial charge in [0.1, 0.15) is 5.75 Å². The van der Waals surface area contributed by atoms with Gasteiger partial charge in [-0.25, -0.2) is 0 Å². The zero-order valence-corrected chi connectivity index (χ0v) is 14.0. The molecule has 0 aromatic heterocycles. The highest BCUT2D eigenvalue weighted by Crippen LogP contribution is 2.24. The summed E-state index contributed by atoms with van der Waals surface area (Å²) >= 11 is 0. The maximum Gasteiger partial charge on any atom is 0.164 e. The van der Waals surface area contributed by atoms with Crippen LogP contribution < -0.4 is 4.74 Å². The van der Waals surface area contributed by atoms with Gasteiger partial charge < -0.3 is 9.47 Å². The van der Waals surface area contributed by atoms with E-state index in [1.54, 1.807) is 0 Å². The standard InChI is InChI=1S/C18H27NO3/c1-4-9-22-18-13-14(2)16(12-15(18)3)17(20)5-6-19-7-10-21-11-8-19/h12-13H,4-11H2,1-3H3. The van der Waals surface area contributed by atoms with E-state index >= 15 is 0 Å². The summed E-state index contributed by atoms with van der Waals surface area (Å²) in [4.78, 5) is 14.8. The van der Waals surface area contributed by atoms with E-state index in [1.165, 1.54) is 0 Å². The lowest BCUT2D eigenvalue weighted by molar-refractivity contribution is 0.0370. The molecule has 1 fully saturated rings. The molecule has 2 rings (SSSR count). The summed E-state index contributed by atoms with van der Waals surface area (Å²) in [6.45, 7) is 11.0. The largest absolute Gasteiger partial charge is 0.493 e. The van der Waals surface area contributed by atoms with Gasteiger partial charge in [-0.2, -0.15) is 0 Å². The van der Waals surface area contributed by atoms with E-state index in [9.17, 15) is 4.79 Å². The molecule has 122 valence electrons. The predicted molar refractivity (Wildman–Crippen MR) is 87.9 cm³/mol. The first-order valence-electron chi connectivity index (χ1n) is 8.19. The summed E-state index contributed by atoms with van der Waals surface area (Å²) in [7, 11) is 0. The minimum absolute atomic E-state index is 0.217. The van der Waals surface area contributed by atoms with Crippen LogP contribution in [0.15, 0.2) is 12.1 Å². The van der Waals surface area contributed by atoms with E-state index in [-0.39, 0.29) is 5.78 Å². The van der Waals surface area contributed by atoms with Crippen LogP contribution in [0, 0.1) is 13.8 Å². The summed E-state index contributed by atoms with van der Waals surface area (Å²) in [5.41, 5.74) is 2.87. The molecule has 0 unspecified atom stereocenters. The summed E-state index contributed by atoms with van der Waals surface area (Å²) in [5, 5.41) is 0. The fourth-order valence-electron chi connectivity index (χ4n) is 2.68. The highest BCUT2D eigenvalue weighted by molar-refractivity contribution is 5.98. The Morgan fingerprint density at radius 1 is 1.23 bits per heavy atom. The average Bonchev–Trinajstić information content (AvgIpc) is 2.54. The van der Waals surface area contributed by atoms with Crippen molar-refractivity contribution in [3.8, 4) is 5.75 Å². The Morgan fingerprint density at radius 2 is 1.95 bits per heavy atom. The number of Topliss-reactive ketones (excluding diaryl/α,β-unsaturated/α-hetero) is 1. The van der Waals surface area contributed by atoms with Crippen LogP contribution >= 0.6 is 0 Å². The van der Waals surface area contributed by atoms with Crippen LogP contribution in [0.25, 0.3) is 0 Å². The van der Waals surface area contributed by atoms with Crippen LogP contribution in [-0.2, 0) is 4.74 Å². The number of benzene rings is 1. The van der Waals surface area contributed by atoms with Gasteiger partial charge in [0.25, 0.3) is 0 Å². The van der Waals surface area contributed by atoms with Crippen molar-refractivity contribution < 1.29 is 14.3 Å². The Morgan fingerprint density at radius 3 is 2.64 bits per heavy atom. The lowest BCUT2D eigenvalue weighted by Gasteiger charge is -2.26. The molecule has 0 saturated carbocycles. The molecule has 1 aliphatic heterocycles. The Bertz CT molecular complexity index is 507. The molecule has 0 atom stereocenters. The van der Waals surface area contributed by atoms with Crippen molar-refractivity contribution in [2.45, 2.75) is 33.6 Å². The molecular formula is C18H27NO3. The zero-order valence-electron chi connectivity index (χ0n) is 14.0. The molecule has 4 nitrogen and oxygen atoms in total. The third-order valence-electron chi connectivity index (χ3n) is 4.04. The second-order valence-corrected chi connectivity index (χ2v) is 5.91. The van der Waals surface area contributed by atoms with Crippen LogP contribution in [0.5, 0.6) is 5.75 Å². The molecule has 1 aromatic rings. The van der Waals surface area contributed by atoms with E-state index in [4.69, 9.17) is 9.47 Å². The number of ketones is 1. The van der Waals surface area contributed by atoms with Crippen LogP contribution in [-0.4, -0.2) is 50.1 Å². The zero-order chi connectivity index (χ0) is 15.9. The van der Waals surface area contributed by atoms with Crippen molar-refractivity contribution in [2.24, 2.45) is 0 Å². The van der Waals surface area contributed by atoms with Crippen LogP contribution in [0.3, 0.4) is 0 Å². The SMILES string of the molecule is CCCOc1cc(C)c(C(=O)CCN2CCOCC2)cc1C. The van der Waals surface area contributed by atoms with Crippen LogP contribution in [0.2, 0.25) is 0 Å². The number of rotatable bonds is 7. The van der Waals surface area contributed by atoms with E-state index in [1.807, 2.05) is 26.0 Å². The van der Waals surface area contributed by atoms with Gasteiger partial charge in [0, 0.05) is 31.6 Å². The number of carbonyl (C=O) groups is 1. The minimum Gasteiger partial charge on any atom is -0.493 e. The quantitative estimate of drug-likeness (QED) is 0.726. The van der Waals surface area contributed by atoms with Gasteiger partial charge in [0.2, 0.25) is 0 Å². The van der Waals surface area contributed by atoms with E-state index < -0.39 is 0 Å². The molecule has 1 aliphatic rings. The normalized spacial score (nSPS) is 15.8. The second kappa shape index (κ2) is 8.30. The van der Waals surface area contributed by atoms with Gasteiger partial charge in [-0.3, -0.25) is 9.69 Å². The molecule has 0 aliphatic carbocycles. The maximum atomic E-state index is 12.5. The Labute approximate surface area is 133 Å². The molecule has 1 saturated heterocycles. The van der Waals surface area contributed by atoms with Crippen molar-refractivity contribution in [1.29, 1.82) is 0 Å². The van der Waals surface area contributed by atoms with Crippen molar-refractivity contribution in [1.82, 2.24) is 4.90 Å². The third-order valence-corrected chi connectivity index (χ3v) is 4.04. The summed E-state index contributed by atoms with van der Waals surface area (Å²) in [6, 6.07) is 3.97. The van der Waals surface area contributed by atoms with Crippen molar-refractivity contribution in [3.63, 3.8) is 0 Å². The third kappa shape index (κ3) is 4.55. The molecule has 0 spiro atoms. The molecule has 0 bridgehead atoms. The number of nitrogens with zero attached hydrogens (tertiary/aromatic N) is 1. The van der Waals surface area contributed by atoms with Gasteiger partial charge in [0.05, 0.1) is 19.8 Å². The molecule has 1 aromatic carbocycles. The van der Waals surface area contributed by atoms with Gasteiger partial charge in [-0.15, -0.1) is 0 Å². The van der Waals surface area contributed by atoms with E-state index in [0.29, 0.717) is 13.0 Å². The molecule has 0 amide bonds. The Hall–Kier alpha value is -1.39. The van der Waals surface area contributed by atoms with Crippen molar-refractivity contribution in [2.75, 3.05) is 39.5 Å². The fourth-order valence-corrected chi connectivity index (χ4v) is 2.68. The second-order valence-electron chi connectivity index (χ2n) is 5.91. The highest BCUT2D eigenvalue weighted by atomic mass is 16.5. The number of hydrogen-bond acceptors (Lipinski definition) is 4. The fraction of sp³-hybridized carbons (Fsp3) is 0.611. The molecule has 0 N–H and O–H groups in total. The number of ether oxygens (including phenoxy) is 2. The van der Waals surface area contributed by atoms with Crippen molar-refractivity contribution >= 4 is 5.78 Å². The lowest BCUT2D eigenvalue weighted by atomic mass is 9.99. The minimum atomic E-state index is 0.217. The lowest BCUT2D eigenvalue weighted by Crippen LogP contribution is -2.37. The first-order valence-corrected chi connectivity index (χ1v) is 8.19. The van der Waals surface area contributed by atoms with Crippen LogP contribution in [0.4, 0.5) is 0 Å². The molecule has 22 heavy (non-hydrogen) atoms. The Kier molecular flexibility index (Phi) is 6.40. The Balaban J connectivity index is 1.98. The number of morpholine rings is 1. The van der Waals surface area contributed by atoms with E-state index in [2.05, 4.69) is 11.8 Å². The molecule has 0 radical (unpaired) electrons. The van der Waals surface area contributed by atoms with Gasteiger partial charge in [0.15, 0.2) is 5.78 Å². The molecule has 1 heterocycles. The smallest absolute Gasteiger partial charge is 0.164 e. The molecule has 4 heteroatoms. The first kappa shape index (κ1) is 17.0. The molecular weight excluding hydrogens is 278 g/mol. The maximum absolute atomic E-state index is 12.5. The van der Waals surface area contributed by atoms with Crippen molar-refractivity contribution in [3.05, 3.63) is 28.8 Å². The average molecular weight is 305 g/mol. The first-order chi connectivity index (χ1) is 10.6.